The summed E-state index contributed by atoms with van der Waals surface area (Å²) in [4.78, 5) is 4.52. The number of aromatic nitrogens is 1. The monoisotopic (exact) mass is 296 g/mol. The van der Waals surface area contributed by atoms with Crippen molar-refractivity contribution >= 4 is 38.4 Å². The number of benzene rings is 1. The van der Waals surface area contributed by atoms with Crippen LogP contribution in [-0.4, -0.2) is 22.5 Å². The molecule has 1 aliphatic carbocycles. The quantitative estimate of drug-likeness (QED) is 0.901. The number of thioether (sulfide) groups is 1. The van der Waals surface area contributed by atoms with Crippen LogP contribution < -0.4 is 5.32 Å². The third-order valence-electron chi connectivity index (χ3n) is 3.69. The minimum absolute atomic E-state index is 0.192. The summed E-state index contributed by atoms with van der Waals surface area (Å²) in [6.45, 7) is 0. The fourth-order valence-electron chi connectivity index (χ4n) is 2.58. The Morgan fingerprint density at radius 1 is 1.32 bits per heavy atom. The molecule has 1 heterocycles. The zero-order valence-electron chi connectivity index (χ0n) is 10.9. The van der Waals surface area contributed by atoms with Gasteiger partial charge in [0.15, 0.2) is 5.13 Å². The maximum Gasteiger partial charge on any atom is 0.184 e. The van der Waals surface area contributed by atoms with Gasteiger partial charge in [-0.15, -0.1) is 0 Å². The third kappa shape index (κ3) is 3.03. The Morgan fingerprint density at radius 3 is 2.84 bits per heavy atom. The molecule has 2 aromatic rings. The minimum Gasteiger partial charge on any atom is -0.359 e. The Labute approximate surface area is 120 Å². The maximum absolute atomic E-state index is 13.1. The molecule has 0 bridgehead atoms. The van der Waals surface area contributed by atoms with E-state index in [9.17, 15) is 4.39 Å². The van der Waals surface area contributed by atoms with E-state index in [1.165, 1.54) is 31.7 Å². The van der Waals surface area contributed by atoms with E-state index in [0.717, 1.165) is 20.6 Å². The van der Waals surface area contributed by atoms with E-state index in [4.69, 9.17) is 0 Å². The first kappa shape index (κ1) is 13.2. The highest BCUT2D eigenvalue weighted by Crippen LogP contribution is 2.31. The number of thiazole rings is 1. The summed E-state index contributed by atoms with van der Waals surface area (Å²) in [5, 5.41) is 5.26. The number of hydrogen-bond acceptors (Lipinski definition) is 4. The maximum atomic E-state index is 13.1. The van der Waals surface area contributed by atoms with Crippen LogP contribution in [0.4, 0.5) is 9.52 Å². The van der Waals surface area contributed by atoms with Gasteiger partial charge in [0.2, 0.25) is 0 Å². The summed E-state index contributed by atoms with van der Waals surface area (Å²) in [5.74, 6) is -0.192. The van der Waals surface area contributed by atoms with Gasteiger partial charge in [-0.2, -0.15) is 11.8 Å². The molecule has 5 heteroatoms. The number of fused-ring (bicyclic) bond motifs is 1. The number of halogens is 1. The number of hydrogen-bond donors (Lipinski definition) is 1. The van der Waals surface area contributed by atoms with Crippen molar-refractivity contribution in [3.05, 3.63) is 24.0 Å². The second-order valence-corrected chi connectivity index (χ2v) is 7.15. The third-order valence-corrected chi connectivity index (χ3v) is 5.77. The number of rotatable bonds is 3. The lowest BCUT2D eigenvalue weighted by Gasteiger charge is -2.27. The van der Waals surface area contributed by atoms with E-state index in [1.807, 2.05) is 11.8 Å². The van der Waals surface area contributed by atoms with Gasteiger partial charge in [-0.3, -0.25) is 0 Å². The van der Waals surface area contributed by atoms with E-state index >= 15 is 0 Å². The van der Waals surface area contributed by atoms with Crippen LogP contribution in [0.5, 0.6) is 0 Å². The average molecular weight is 296 g/mol. The highest BCUT2D eigenvalue weighted by molar-refractivity contribution is 7.99. The molecule has 1 aliphatic rings. The predicted octanol–water partition coefficient (Wildman–Crippen LogP) is 4.52. The Balaban J connectivity index is 1.68. The fraction of sp³-hybridized carbons (Fsp3) is 0.500. The van der Waals surface area contributed by atoms with Crippen LogP contribution in [-0.2, 0) is 0 Å². The Bertz CT molecular complexity index is 562. The minimum atomic E-state index is -0.192. The van der Waals surface area contributed by atoms with Gasteiger partial charge in [0.05, 0.1) is 10.2 Å². The molecule has 1 saturated carbocycles. The summed E-state index contributed by atoms with van der Waals surface area (Å²) < 4.78 is 14.1. The highest BCUT2D eigenvalue weighted by Gasteiger charge is 2.21. The summed E-state index contributed by atoms with van der Waals surface area (Å²) in [6, 6.07) is 5.30. The molecule has 2 nitrogen and oxygen atoms in total. The van der Waals surface area contributed by atoms with Gasteiger partial charge in [-0.1, -0.05) is 11.3 Å². The molecule has 1 aromatic carbocycles. The van der Waals surface area contributed by atoms with Crippen molar-refractivity contribution in [1.82, 2.24) is 4.98 Å². The SMILES string of the molecule is CSC1CCC(Nc2nc3ccc(F)cc3s2)CC1. The molecule has 1 aromatic heterocycles. The molecule has 3 rings (SSSR count). The largest absolute Gasteiger partial charge is 0.359 e. The smallest absolute Gasteiger partial charge is 0.184 e. The molecule has 1 fully saturated rings. The van der Waals surface area contributed by atoms with Gasteiger partial charge >= 0.3 is 0 Å². The molecule has 0 aliphatic heterocycles. The van der Waals surface area contributed by atoms with Crippen molar-refractivity contribution in [2.75, 3.05) is 11.6 Å². The zero-order valence-corrected chi connectivity index (χ0v) is 12.5. The molecule has 0 spiro atoms. The molecule has 0 saturated heterocycles. The molecular weight excluding hydrogens is 279 g/mol. The van der Waals surface area contributed by atoms with Crippen LogP contribution >= 0.6 is 23.1 Å². The summed E-state index contributed by atoms with van der Waals surface area (Å²) in [6.07, 6.45) is 7.16. The van der Waals surface area contributed by atoms with Crippen LogP contribution in [0.15, 0.2) is 18.2 Å². The van der Waals surface area contributed by atoms with Gasteiger partial charge in [-0.25, -0.2) is 9.37 Å². The van der Waals surface area contributed by atoms with Crippen molar-refractivity contribution < 1.29 is 4.39 Å². The van der Waals surface area contributed by atoms with Crippen molar-refractivity contribution in [3.63, 3.8) is 0 Å². The lowest BCUT2D eigenvalue weighted by atomic mass is 9.95. The second kappa shape index (κ2) is 5.67. The van der Waals surface area contributed by atoms with Crippen molar-refractivity contribution in [2.45, 2.75) is 37.0 Å². The number of nitrogens with one attached hydrogen (secondary N) is 1. The Morgan fingerprint density at radius 2 is 2.11 bits per heavy atom. The fourth-order valence-corrected chi connectivity index (χ4v) is 4.29. The van der Waals surface area contributed by atoms with Crippen molar-refractivity contribution in [1.29, 1.82) is 0 Å². The molecule has 0 atom stereocenters. The number of anilines is 1. The van der Waals surface area contributed by atoms with Gasteiger partial charge < -0.3 is 5.32 Å². The molecular formula is C14H17FN2S2. The highest BCUT2D eigenvalue weighted by atomic mass is 32.2. The lowest BCUT2D eigenvalue weighted by molar-refractivity contribution is 0.473. The van der Waals surface area contributed by atoms with Gasteiger partial charge in [-0.05, 0) is 50.1 Å². The first-order valence-corrected chi connectivity index (χ1v) is 8.70. The van der Waals surface area contributed by atoms with Crippen LogP contribution in [0.2, 0.25) is 0 Å². The van der Waals surface area contributed by atoms with Gasteiger partial charge in [0, 0.05) is 11.3 Å². The van der Waals surface area contributed by atoms with E-state index in [0.29, 0.717) is 6.04 Å². The van der Waals surface area contributed by atoms with Crippen LogP contribution in [0.25, 0.3) is 10.2 Å². The molecule has 0 amide bonds. The standard InChI is InChI=1S/C14H17FN2S2/c1-18-11-5-3-10(4-6-11)16-14-17-12-7-2-9(15)8-13(12)19-14/h2,7-8,10-11H,3-6H2,1H3,(H,16,17). The van der Waals surface area contributed by atoms with Crippen molar-refractivity contribution in [2.24, 2.45) is 0 Å². The van der Waals surface area contributed by atoms with Crippen LogP contribution in [0.1, 0.15) is 25.7 Å². The van der Waals surface area contributed by atoms with Crippen molar-refractivity contribution in [3.8, 4) is 0 Å². The molecule has 1 N–H and O–H groups in total. The van der Waals surface area contributed by atoms with Crippen LogP contribution in [0, 0.1) is 5.82 Å². The number of nitrogens with zero attached hydrogens (tertiary/aromatic N) is 1. The summed E-state index contributed by atoms with van der Waals surface area (Å²) in [5.41, 5.74) is 0.881. The normalized spacial score (nSPS) is 23.7. The zero-order chi connectivity index (χ0) is 13.2. The molecule has 0 radical (unpaired) electrons. The van der Waals surface area contributed by atoms with E-state index in [2.05, 4.69) is 16.6 Å². The van der Waals surface area contributed by atoms with E-state index in [1.54, 1.807) is 23.5 Å². The summed E-state index contributed by atoms with van der Waals surface area (Å²) >= 11 is 3.52. The summed E-state index contributed by atoms with van der Waals surface area (Å²) in [7, 11) is 0. The molecule has 102 valence electrons. The Kier molecular flexibility index (Phi) is 3.93. The second-order valence-electron chi connectivity index (χ2n) is 4.98. The van der Waals surface area contributed by atoms with Crippen LogP contribution in [0.3, 0.4) is 0 Å². The molecule has 0 unspecified atom stereocenters. The van der Waals surface area contributed by atoms with Gasteiger partial charge in [0.25, 0.3) is 0 Å². The Hall–Kier alpha value is -0.810. The first-order valence-electron chi connectivity index (χ1n) is 6.60. The topological polar surface area (TPSA) is 24.9 Å². The first-order chi connectivity index (χ1) is 9.24. The van der Waals surface area contributed by atoms with Gasteiger partial charge in [0.1, 0.15) is 5.82 Å². The molecule has 19 heavy (non-hydrogen) atoms. The van der Waals surface area contributed by atoms with E-state index in [-0.39, 0.29) is 5.82 Å². The average Bonchev–Trinajstić information content (AvgIpc) is 2.81. The van der Waals surface area contributed by atoms with E-state index < -0.39 is 0 Å². The predicted molar refractivity (Wildman–Crippen MR) is 82.8 cm³/mol. The lowest BCUT2D eigenvalue weighted by Crippen LogP contribution is -2.26.